The van der Waals surface area contributed by atoms with E-state index in [1.807, 2.05) is 0 Å². The second kappa shape index (κ2) is 9.18. The van der Waals surface area contributed by atoms with E-state index in [0.29, 0.717) is 28.2 Å². The van der Waals surface area contributed by atoms with Crippen LogP contribution in [0.5, 0.6) is 17.2 Å². The Morgan fingerprint density at radius 3 is 2.34 bits per heavy atom. The molecule has 3 aromatic carbocycles. The van der Waals surface area contributed by atoms with E-state index in [2.05, 4.69) is 10.5 Å². The number of esters is 1. The number of aromatic hydroxyl groups is 1. The van der Waals surface area contributed by atoms with Crippen molar-refractivity contribution in [2.45, 2.75) is 0 Å². The molecular weight excluding hydrogens is 372 g/mol. The molecule has 0 spiro atoms. The summed E-state index contributed by atoms with van der Waals surface area (Å²) in [6.45, 7) is 0. The number of nitrogens with zero attached hydrogens (tertiary/aromatic N) is 1. The minimum atomic E-state index is -0.523. The van der Waals surface area contributed by atoms with Gasteiger partial charge in [0.2, 0.25) is 0 Å². The van der Waals surface area contributed by atoms with Crippen LogP contribution in [0.25, 0.3) is 0 Å². The van der Waals surface area contributed by atoms with E-state index < -0.39 is 11.9 Å². The van der Waals surface area contributed by atoms with Gasteiger partial charge in [0.25, 0.3) is 5.91 Å². The fourth-order valence-corrected chi connectivity index (χ4v) is 2.44. The molecule has 0 saturated heterocycles. The van der Waals surface area contributed by atoms with Crippen molar-refractivity contribution in [3.05, 3.63) is 89.5 Å². The largest absolute Gasteiger partial charge is 0.508 e. The zero-order chi connectivity index (χ0) is 20.6. The molecule has 7 heteroatoms. The lowest BCUT2D eigenvalue weighted by molar-refractivity contribution is 0.0731. The zero-order valence-electron chi connectivity index (χ0n) is 15.5. The van der Waals surface area contributed by atoms with Gasteiger partial charge in [0, 0.05) is 5.56 Å². The first-order valence-electron chi connectivity index (χ1n) is 8.64. The summed E-state index contributed by atoms with van der Waals surface area (Å²) in [5.74, 6) is -0.0398. The minimum absolute atomic E-state index is 0.0801. The molecule has 29 heavy (non-hydrogen) atoms. The van der Waals surface area contributed by atoms with Gasteiger partial charge >= 0.3 is 5.97 Å². The predicted molar refractivity (Wildman–Crippen MR) is 108 cm³/mol. The number of phenols is 1. The van der Waals surface area contributed by atoms with E-state index in [1.165, 1.54) is 37.6 Å². The number of hydrogen-bond donors (Lipinski definition) is 2. The molecule has 3 aromatic rings. The summed E-state index contributed by atoms with van der Waals surface area (Å²) in [6, 6.07) is 19.3. The highest BCUT2D eigenvalue weighted by Crippen LogP contribution is 2.20. The van der Waals surface area contributed by atoms with Crippen molar-refractivity contribution in [2.24, 2.45) is 5.10 Å². The van der Waals surface area contributed by atoms with E-state index >= 15 is 0 Å². The Kier molecular flexibility index (Phi) is 6.22. The molecule has 0 saturated carbocycles. The monoisotopic (exact) mass is 390 g/mol. The van der Waals surface area contributed by atoms with Crippen LogP contribution in [0.4, 0.5) is 0 Å². The highest BCUT2D eigenvalue weighted by atomic mass is 16.5. The Hall–Kier alpha value is -4.13. The fourth-order valence-electron chi connectivity index (χ4n) is 2.44. The topological polar surface area (TPSA) is 97.2 Å². The SMILES string of the molecule is COc1ccccc1C(=O)Oc1ccc(/C=N/NC(=O)c2ccc(O)cc2)cc1. The normalized spacial score (nSPS) is 10.5. The Morgan fingerprint density at radius 2 is 1.66 bits per heavy atom. The minimum Gasteiger partial charge on any atom is -0.508 e. The molecule has 0 bridgehead atoms. The number of nitrogens with one attached hydrogen (secondary N) is 1. The summed E-state index contributed by atoms with van der Waals surface area (Å²) in [6.07, 6.45) is 1.46. The highest BCUT2D eigenvalue weighted by molar-refractivity contribution is 5.95. The molecule has 7 nitrogen and oxygen atoms in total. The number of rotatable bonds is 6. The third-order valence-electron chi connectivity index (χ3n) is 3.93. The van der Waals surface area contributed by atoms with Crippen molar-refractivity contribution >= 4 is 18.1 Å². The maximum atomic E-state index is 12.3. The van der Waals surface area contributed by atoms with E-state index in [-0.39, 0.29) is 5.75 Å². The van der Waals surface area contributed by atoms with Crippen molar-refractivity contribution in [3.63, 3.8) is 0 Å². The average molecular weight is 390 g/mol. The van der Waals surface area contributed by atoms with Gasteiger partial charge in [0.05, 0.1) is 13.3 Å². The number of amides is 1. The number of phenolic OH excluding ortho intramolecular Hbond substituents is 1. The lowest BCUT2D eigenvalue weighted by Crippen LogP contribution is -2.17. The van der Waals surface area contributed by atoms with Crippen molar-refractivity contribution < 1.29 is 24.2 Å². The highest BCUT2D eigenvalue weighted by Gasteiger charge is 2.13. The number of carbonyl (C=O) groups is 2. The second-order valence-corrected chi connectivity index (χ2v) is 5.90. The number of benzene rings is 3. The van der Waals surface area contributed by atoms with Crippen LogP contribution in [0.1, 0.15) is 26.3 Å². The van der Waals surface area contributed by atoms with Crippen LogP contribution >= 0.6 is 0 Å². The van der Waals surface area contributed by atoms with Gasteiger partial charge in [-0.15, -0.1) is 0 Å². The van der Waals surface area contributed by atoms with Gasteiger partial charge in [-0.25, -0.2) is 10.2 Å². The van der Waals surface area contributed by atoms with Crippen molar-refractivity contribution in [2.75, 3.05) is 7.11 Å². The molecule has 0 aromatic heterocycles. The van der Waals surface area contributed by atoms with E-state index in [4.69, 9.17) is 9.47 Å². The number of ether oxygens (including phenoxy) is 2. The van der Waals surface area contributed by atoms with Crippen LogP contribution < -0.4 is 14.9 Å². The standard InChI is InChI=1S/C22H18N2O5/c1-28-20-5-3-2-4-19(20)22(27)29-18-12-6-15(7-13-18)14-23-24-21(26)16-8-10-17(25)11-9-16/h2-14,25H,1H3,(H,24,26)/b23-14+. The fraction of sp³-hybridized carbons (Fsp3) is 0.0455. The zero-order valence-corrected chi connectivity index (χ0v) is 15.5. The Bertz CT molecular complexity index is 1030. The molecule has 146 valence electrons. The molecule has 2 N–H and O–H groups in total. The Morgan fingerprint density at radius 1 is 0.966 bits per heavy atom. The summed E-state index contributed by atoms with van der Waals surface area (Å²) < 4.78 is 10.5. The second-order valence-electron chi connectivity index (χ2n) is 5.90. The first-order valence-corrected chi connectivity index (χ1v) is 8.64. The average Bonchev–Trinajstić information content (AvgIpc) is 2.75. The van der Waals surface area contributed by atoms with Crippen LogP contribution in [0.2, 0.25) is 0 Å². The van der Waals surface area contributed by atoms with Crippen LogP contribution in [0.15, 0.2) is 77.9 Å². The summed E-state index contributed by atoms with van der Waals surface area (Å²) in [5, 5.41) is 13.1. The summed E-state index contributed by atoms with van der Waals surface area (Å²) in [5.41, 5.74) is 3.80. The summed E-state index contributed by atoms with van der Waals surface area (Å²) >= 11 is 0. The summed E-state index contributed by atoms with van der Waals surface area (Å²) in [7, 11) is 1.49. The van der Waals surface area contributed by atoms with Crippen molar-refractivity contribution in [1.29, 1.82) is 0 Å². The lowest BCUT2D eigenvalue weighted by atomic mass is 10.2. The van der Waals surface area contributed by atoms with Gasteiger partial charge < -0.3 is 14.6 Å². The van der Waals surface area contributed by atoms with Gasteiger partial charge in [-0.1, -0.05) is 12.1 Å². The molecule has 0 unspecified atom stereocenters. The van der Waals surface area contributed by atoms with Crippen LogP contribution in [-0.4, -0.2) is 30.3 Å². The van der Waals surface area contributed by atoms with Crippen LogP contribution in [-0.2, 0) is 0 Å². The first-order chi connectivity index (χ1) is 14.1. The maximum absolute atomic E-state index is 12.3. The van der Waals surface area contributed by atoms with Crippen molar-refractivity contribution in [3.8, 4) is 17.2 Å². The van der Waals surface area contributed by atoms with E-state index in [9.17, 15) is 14.7 Å². The molecule has 0 heterocycles. The Labute approximate surface area is 167 Å². The van der Waals surface area contributed by atoms with Gasteiger partial charge in [0.1, 0.15) is 22.8 Å². The molecule has 0 aliphatic heterocycles. The molecule has 1 amide bonds. The van der Waals surface area contributed by atoms with Gasteiger partial charge in [0.15, 0.2) is 0 Å². The Balaban J connectivity index is 1.58. The first kappa shape index (κ1) is 19.6. The smallest absolute Gasteiger partial charge is 0.347 e. The number of hydrogen-bond acceptors (Lipinski definition) is 6. The molecule has 0 aliphatic rings. The third-order valence-corrected chi connectivity index (χ3v) is 3.93. The number of para-hydroxylation sites is 1. The maximum Gasteiger partial charge on any atom is 0.347 e. The quantitative estimate of drug-likeness (QED) is 0.291. The predicted octanol–water partition coefficient (Wildman–Crippen LogP) is 3.38. The van der Waals surface area contributed by atoms with E-state index in [1.54, 1.807) is 48.5 Å². The van der Waals surface area contributed by atoms with Gasteiger partial charge in [-0.2, -0.15) is 5.10 Å². The molecule has 0 fully saturated rings. The summed E-state index contributed by atoms with van der Waals surface area (Å²) in [4.78, 5) is 24.2. The van der Waals surface area contributed by atoms with E-state index in [0.717, 1.165) is 0 Å². The van der Waals surface area contributed by atoms with Crippen LogP contribution in [0.3, 0.4) is 0 Å². The lowest BCUT2D eigenvalue weighted by Gasteiger charge is -2.08. The third kappa shape index (κ3) is 5.20. The number of methoxy groups -OCH3 is 1. The molecule has 0 atom stereocenters. The van der Waals surface area contributed by atoms with Gasteiger partial charge in [-0.3, -0.25) is 4.79 Å². The van der Waals surface area contributed by atoms with Crippen LogP contribution in [0, 0.1) is 0 Å². The molecule has 0 aliphatic carbocycles. The number of hydrazone groups is 1. The molecular formula is C22H18N2O5. The molecule has 3 rings (SSSR count). The van der Waals surface area contributed by atoms with Gasteiger partial charge in [-0.05, 0) is 66.2 Å². The number of carbonyl (C=O) groups excluding carboxylic acids is 2. The van der Waals surface area contributed by atoms with Crippen molar-refractivity contribution in [1.82, 2.24) is 5.43 Å². The molecule has 0 radical (unpaired) electrons.